The zero-order chi connectivity index (χ0) is 15.0. The van der Waals surface area contributed by atoms with Crippen LogP contribution in [0.5, 0.6) is 11.5 Å². The Labute approximate surface area is 123 Å². The van der Waals surface area contributed by atoms with Crippen LogP contribution >= 0.6 is 12.2 Å². The molecule has 0 fully saturated rings. The van der Waals surface area contributed by atoms with Gasteiger partial charge in [0.15, 0.2) is 5.11 Å². The number of nitrogens with one attached hydrogen (secondary N) is 2. The molecule has 0 unspecified atom stereocenters. The van der Waals surface area contributed by atoms with Gasteiger partial charge in [-0.1, -0.05) is 0 Å². The van der Waals surface area contributed by atoms with Crippen molar-refractivity contribution in [2.24, 2.45) is 0 Å². The molecule has 0 atom stereocenters. The monoisotopic (exact) mass is 298 g/mol. The van der Waals surface area contributed by atoms with Gasteiger partial charge in [0.2, 0.25) is 0 Å². The van der Waals surface area contributed by atoms with E-state index in [1.54, 1.807) is 39.3 Å². The summed E-state index contributed by atoms with van der Waals surface area (Å²) < 4.78 is 15.1. The van der Waals surface area contributed by atoms with Crippen LogP contribution in [0.3, 0.4) is 0 Å². The second-order valence-corrected chi connectivity index (χ2v) is 4.09. The van der Waals surface area contributed by atoms with Crippen molar-refractivity contribution in [3.63, 3.8) is 0 Å². The van der Waals surface area contributed by atoms with Gasteiger partial charge in [-0.2, -0.15) is 0 Å². The number of anilines is 1. The first-order valence-corrected chi connectivity index (χ1v) is 6.44. The van der Waals surface area contributed by atoms with Gasteiger partial charge < -0.3 is 24.8 Å². The lowest BCUT2D eigenvalue weighted by atomic mass is 10.2. The van der Waals surface area contributed by atoms with Crippen LogP contribution in [0.2, 0.25) is 0 Å². The second kappa shape index (κ2) is 8.21. The molecule has 0 radical (unpaired) electrons. The maximum Gasteiger partial charge on any atom is 0.325 e. The van der Waals surface area contributed by atoms with Crippen LogP contribution in [0.15, 0.2) is 18.2 Å². The van der Waals surface area contributed by atoms with Crippen molar-refractivity contribution >= 4 is 29.0 Å². The van der Waals surface area contributed by atoms with E-state index in [0.29, 0.717) is 28.9 Å². The van der Waals surface area contributed by atoms with Gasteiger partial charge in [-0.3, -0.25) is 4.79 Å². The highest BCUT2D eigenvalue weighted by Crippen LogP contribution is 2.28. The Morgan fingerprint density at radius 3 is 2.65 bits per heavy atom. The lowest BCUT2D eigenvalue weighted by molar-refractivity contribution is -0.141. The van der Waals surface area contributed by atoms with Crippen molar-refractivity contribution in [1.29, 1.82) is 0 Å². The maximum absolute atomic E-state index is 11.2. The van der Waals surface area contributed by atoms with E-state index in [4.69, 9.17) is 26.4 Å². The molecule has 0 amide bonds. The number of hydrogen-bond acceptors (Lipinski definition) is 5. The first kappa shape index (κ1) is 16.0. The average molecular weight is 298 g/mol. The van der Waals surface area contributed by atoms with Gasteiger partial charge in [0, 0.05) is 6.07 Å². The van der Waals surface area contributed by atoms with Crippen LogP contribution in [-0.4, -0.2) is 38.5 Å². The summed E-state index contributed by atoms with van der Waals surface area (Å²) in [6.07, 6.45) is 0. The summed E-state index contributed by atoms with van der Waals surface area (Å²) in [7, 11) is 3.13. The molecule has 1 aromatic rings. The van der Waals surface area contributed by atoms with Gasteiger partial charge in [0.05, 0.1) is 26.5 Å². The Balaban J connectivity index is 2.62. The van der Waals surface area contributed by atoms with E-state index in [-0.39, 0.29) is 12.5 Å². The Morgan fingerprint density at radius 2 is 2.05 bits per heavy atom. The molecule has 1 aromatic carbocycles. The molecule has 7 heteroatoms. The number of carbonyl (C=O) groups excluding carboxylic acids is 1. The Hall–Kier alpha value is -2.02. The van der Waals surface area contributed by atoms with Crippen LogP contribution in [0, 0.1) is 0 Å². The van der Waals surface area contributed by atoms with Crippen LogP contribution in [-0.2, 0) is 9.53 Å². The van der Waals surface area contributed by atoms with Crippen LogP contribution in [0.25, 0.3) is 0 Å². The Morgan fingerprint density at radius 1 is 1.30 bits per heavy atom. The highest BCUT2D eigenvalue weighted by molar-refractivity contribution is 7.80. The van der Waals surface area contributed by atoms with Crippen molar-refractivity contribution in [3.8, 4) is 11.5 Å². The number of carbonyl (C=O) groups is 1. The molecule has 2 N–H and O–H groups in total. The molecular weight excluding hydrogens is 280 g/mol. The van der Waals surface area contributed by atoms with Crippen molar-refractivity contribution in [2.75, 3.05) is 32.7 Å². The molecule has 110 valence electrons. The summed E-state index contributed by atoms with van der Waals surface area (Å²) >= 11 is 5.10. The van der Waals surface area contributed by atoms with E-state index in [1.807, 2.05) is 0 Å². The molecule has 20 heavy (non-hydrogen) atoms. The minimum atomic E-state index is -0.366. The molecule has 0 heterocycles. The van der Waals surface area contributed by atoms with Gasteiger partial charge in [-0.25, -0.2) is 0 Å². The standard InChI is InChI=1S/C13H18N2O4S/c1-4-19-12(16)8-14-13(20)15-10-7-9(17-2)5-6-11(10)18-3/h5-7H,4,8H2,1-3H3,(H2,14,15,20). The fourth-order valence-electron chi connectivity index (χ4n) is 1.44. The fraction of sp³-hybridized carbons (Fsp3) is 0.385. The predicted octanol–water partition coefficient (Wildman–Crippen LogP) is 1.55. The van der Waals surface area contributed by atoms with Gasteiger partial charge in [-0.15, -0.1) is 0 Å². The molecule has 6 nitrogen and oxygen atoms in total. The SMILES string of the molecule is CCOC(=O)CNC(=S)Nc1cc(OC)ccc1OC. The van der Waals surface area contributed by atoms with Crippen molar-refractivity contribution in [3.05, 3.63) is 18.2 Å². The molecule has 0 saturated carbocycles. The Kier molecular flexibility index (Phi) is 6.58. The lowest BCUT2D eigenvalue weighted by Gasteiger charge is -2.14. The summed E-state index contributed by atoms with van der Waals surface area (Å²) in [5.74, 6) is 0.918. The van der Waals surface area contributed by atoms with E-state index in [1.165, 1.54) is 0 Å². The third-order valence-corrected chi connectivity index (χ3v) is 2.60. The molecule has 0 aliphatic heterocycles. The third kappa shape index (κ3) is 4.93. The lowest BCUT2D eigenvalue weighted by Crippen LogP contribution is -2.34. The fourth-order valence-corrected chi connectivity index (χ4v) is 1.62. The van der Waals surface area contributed by atoms with E-state index in [9.17, 15) is 4.79 Å². The minimum Gasteiger partial charge on any atom is -0.497 e. The van der Waals surface area contributed by atoms with E-state index >= 15 is 0 Å². The van der Waals surface area contributed by atoms with E-state index in [0.717, 1.165) is 0 Å². The molecular formula is C13H18N2O4S. The number of hydrogen-bond donors (Lipinski definition) is 2. The molecule has 0 saturated heterocycles. The number of benzene rings is 1. The molecule has 0 bridgehead atoms. The molecule has 0 spiro atoms. The summed E-state index contributed by atoms with van der Waals surface area (Å²) in [5, 5.41) is 5.99. The first-order valence-electron chi connectivity index (χ1n) is 6.03. The zero-order valence-corrected chi connectivity index (χ0v) is 12.5. The van der Waals surface area contributed by atoms with Crippen molar-refractivity contribution in [1.82, 2.24) is 5.32 Å². The number of rotatable bonds is 6. The van der Waals surface area contributed by atoms with Crippen molar-refractivity contribution < 1.29 is 19.0 Å². The molecule has 1 rings (SSSR count). The largest absolute Gasteiger partial charge is 0.497 e. The molecule has 0 aliphatic rings. The van der Waals surface area contributed by atoms with Gasteiger partial charge in [-0.05, 0) is 31.3 Å². The van der Waals surface area contributed by atoms with Gasteiger partial charge in [0.1, 0.15) is 18.0 Å². The number of esters is 1. The topological polar surface area (TPSA) is 68.8 Å². The molecule has 0 aromatic heterocycles. The van der Waals surface area contributed by atoms with E-state index < -0.39 is 0 Å². The van der Waals surface area contributed by atoms with E-state index in [2.05, 4.69) is 10.6 Å². The smallest absolute Gasteiger partial charge is 0.325 e. The predicted molar refractivity (Wildman–Crippen MR) is 80.4 cm³/mol. The number of ether oxygens (including phenoxy) is 3. The van der Waals surface area contributed by atoms with Gasteiger partial charge >= 0.3 is 5.97 Å². The maximum atomic E-state index is 11.2. The molecule has 0 aliphatic carbocycles. The third-order valence-electron chi connectivity index (χ3n) is 2.35. The van der Waals surface area contributed by atoms with Crippen molar-refractivity contribution in [2.45, 2.75) is 6.92 Å². The summed E-state index contributed by atoms with van der Waals surface area (Å²) in [4.78, 5) is 11.2. The summed E-state index contributed by atoms with van der Waals surface area (Å²) in [5.41, 5.74) is 0.646. The van der Waals surface area contributed by atoms with Gasteiger partial charge in [0.25, 0.3) is 0 Å². The second-order valence-electron chi connectivity index (χ2n) is 3.68. The first-order chi connectivity index (χ1) is 9.60. The highest BCUT2D eigenvalue weighted by Gasteiger charge is 2.08. The summed E-state index contributed by atoms with van der Waals surface area (Å²) in [6, 6.07) is 5.28. The average Bonchev–Trinajstić information content (AvgIpc) is 2.45. The van der Waals surface area contributed by atoms with Crippen LogP contribution in [0.4, 0.5) is 5.69 Å². The normalized spacial score (nSPS) is 9.55. The van der Waals surface area contributed by atoms with Crippen LogP contribution in [0.1, 0.15) is 6.92 Å². The zero-order valence-electron chi connectivity index (χ0n) is 11.7. The number of thiocarbonyl (C=S) groups is 1. The van der Waals surface area contributed by atoms with Crippen LogP contribution < -0.4 is 20.1 Å². The minimum absolute atomic E-state index is 0.00591. The Bertz CT molecular complexity index is 479. The quantitative estimate of drug-likeness (QED) is 0.610. The highest BCUT2D eigenvalue weighted by atomic mass is 32.1. The number of methoxy groups -OCH3 is 2. The summed E-state index contributed by atoms with van der Waals surface area (Å²) in [6.45, 7) is 2.09.